The summed E-state index contributed by atoms with van der Waals surface area (Å²) in [6.07, 6.45) is 0. The van der Waals surface area contributed by atoms with Crippen LogP contribution in [0.5, 0.6) is 0 Å². The Bertz CT molecular complexity index is 2610. The van der Waals surface area contributed by atoms with E-state index in [4.69, 9.17) is 15.0 Å². The summed E-state index contributed by atoms with van der Waals surface area (Å²) in [6, 6.07) is 65.9. The number of benzene rings is 8. The Hall–Kier alpha value is -6.71. The molecule has 0 aliphatic rings. The molecule has 9 rings (SSSR count). The number of hydrogen-bond donors (Lipinski definition) is 0. The minimum atomic E-state index is 0.641. The molecule has 3 heteroatoms. The zero-order chi connectivity index (χ0) is 33.3. The van der Waals surface area contributed by atoms with Crippen LogP contribution in [-0.4, -0.2) is 15.0 Å². The number of aromatic nitrogens is 3. The van der Waals surface area contributed by atoms with E-state index in [2.05, 4.69) is 152 Å². The molecule has 0 radical (unpaired) electrons. The van der Waals surface area contributed by atoms with E-state index < -0.39 is 0 Å². The fourth-order valence-electron chi connectivity index (χ4n) is 6.75. The molecule has 0 aliphatic carbocycles. The SMILES string of the molecule is c1ccc(-c2ccc(-c3ccc(-c4nc(-c5ccccc5)nc(-c5cccc6c(-c7ccc8ccccc8c7)cccc56)n4)cc3)cc2)cc1. The van der Waals surface area contributed by atoms with Crippen LogP contribution in [0.3, 0.4) is 0 Å². The van der Waals surface area contributed by atoms with Crippen molar-refractivity contribution in [3.8, 4) is 67.5 Å². The molecule has 1 heterocycles. The summed E-state index contributed by atoms with van der Waals surface area (Å²) in [6.45, 7) is 0. The van der Waals surface area contributed by atoms with Crippen molar-refractivity contribution in [3.63, 3.8) is 0 Å². The van der Waals surface area contributed by atoms with Gasteiger partial charge in [0.1, 0.15) is 0 Å². The van der Waals surface area contributed by atoms with E-state index in [1.165, 1.54) is 33.0 Å². The highest BCUT2D eigenvalue weighted by Crippen LogP contribution is 2.36. The molecule has 0 spiro atoms. The van der Waals surface area contributed by atoms with E-state index in [0.29, 0.717) is 17.5 Å². The van der Waals surface area contributed by atoms with Gasteiger partial charge in [-0.25, -0.2) is 15.0 Å². The Morgan fingerprint density at radius 2 is 0.660 bits per heavy atom. The molecule has 0 amide bonds. The molecule has 0 fully saturated rings. The lowest BCUT2D eigenvalue weighted by atomic mass is 9.94. The van der Waals surface area contributed by atoms with Crippen molar-refractivity contribution in [1.82, 2.24) is 15.0 Å². The van der Waals surface area contributed by atoms with Crippen molar-refractivity contribution in [2.75, 3.05) is 0 Å². The van der Waals surface area contributed by atoms with Gasteiger partial charge in [-0.15, -0.1) is 0 Å². The summed E-state index contributed by atoms with van der Waals surface area (Å²) in [5.41, 5.74) is 9.94. The molecule has 0 saturated heterocycles. The van der Waals surface area contributed by atoms with Gasteiger partial charge >= 0.3 is 0 Å². The molecule has 9 aromatic rings. The van der Waals surface area contributed by atoms with Gasteiger partial charge in [0, 0.05) is 16.7 Å². The lowest BCUT2D eigenvalue weighted by Crippen LogP contribution is -2.00. The average molecular weight is 638 g/mol. The van der Waals surface area contributed by atoms with Crippen LogP contribution in [0.1, 0.15) is 0 Å². The molecule has 0 bridgehead atoms. The van der Waals surface area contributed by atoms with Crippen molar-refractivity contribution in [3.05, 3.63) is 188 Å². The van der Waals surface area contributed by atoms with E-state index in [9.17, 15) is 0 Å². The topological polar surface area (TPSA) is 38.7 Å². The quantitative estimate of drug-likeness (QED) is 0.182. The minimum Gasteiger partial charge on any atom is -0.208 e. The fourth-order valence-corrected chi connectivity index (χ4v) is 6.75. The van der Waals surface area contributed by atoms with Gasteiger partial charge in [0.15, 0.2) is 17.5 Å². The summed E-state index contributed by atoms with van der Waals surface area (Å²) < 4.78 is 0. The predicted octanol–water partition coefficient (Wildman–Crippen LogP) is 12.2. The van der Waals surface area contributed by atoms with Crippen LogP contribution in [0.4, 0.5) is 0 Å². The lowest BCUT2D eigenvalue weighted by molar-refractivity contribution is 1.08. The zero-order valence-corrected chi connectivity index (χ0v) is 27.2. The van der Waals surface area contributed by atoms with Crippen LogP contribution >= 0.6 is 0 Å². The van der Waals surface area contributed by atoms with Gasteiger partial charge in [-0.2, -0.15) is 0 Å². The number of nitrogens with zero attached hydrogens (tertiary/aromatic N) is 3. The second-order valence-corrected chi connectivity index (χ2v) is 12.5. The molecule has 0 atom stereocenters. The summed E-state index contributed by atoms with van der Waals surface area (Å²) in [5.74, 6) is 1.94. The van der Waals surface area contributed by atoms with Crippen LogP contribution in [0, 0.1) is 0 Å². The molecule has 3 nitrogen and oxygen atoms in total. The molecule has 0 saturated carbocycles. The monoisotopic (exact) mass is 637 g/mol. The Morgan fingerprint density at radius 3 is 1.28 bits per heavy atom. The maximum Gasteiger partial charge on any atom is 0.164 e. The van der Waals surface area contributed by atoms with Crippen molar-refractivity contribution in [1.29, 1.82) is 0 Å². The first kappa shape index (κ1) is 29.4. The van der Waals surface area contributed by atoms with E-state index in [0.717, 1.165) is 38.6 Å². The summed E-state index contributed by atoms with van der Waals surface area (Å²) in [5, 5.41) is 4.72. The second kappa shape index (κ2) is 12.7. The van der Waals surface area contributed by atoms with Gasteiger partial charge in [0.05, 0.1) is 0 Å². The average Bonchev–Trinajstić information content (AvgIpc) is 3.21. The highest BCUT2D eigenvalue weighted by molar-refractivity contribution is 6.04. The molecule has 0 unspecified atom stereocenters. The molecule has 1 aromatic heterocycles. The molecule has 0 aliphatic heterocycles. The van der Waals surface area contributed by atoms with Crippen LogP contribution in [0.25, 0.3) is 89.1 Å². The normalized spacial score (nSPS) is 11.2. The Balaban J connectivity index is 1.12. The largest absolute Gasteiger partial charge is 0.208 e. The molecule has 50 heavy (non-hydrogen) atoms. The summed E-state index contributed by atoms with van der Waals surface area (Å²) in [7, 11) is 0. The summed E-state index contributed by atoms with van der Waals surface area (Å²) >= 11 is 0. The molecule has 8 aromatic carbocycles. The van der Waals surface area contributed by atoms with Gasteiger partial charge in [-0.05, 0) is 61.0 Å². The van der Waals surface area contributed by atoms with Crippen LogP contribution in [-0.2, 0) is 0 Å². The van der Waals surface area contributed by atoms with Crippen LogP contribution < -0.4 is 0 Å². The highest BCUT2D eigenvalue weighted by atomic mass is 15.0. The van der Waals surface area contributed by atoms with Gasteiger partial charge < -0.3 is 0 Å². The third-order valence-corrected chi connectivity index (χ3v) is 9.36. The minimum absolute atomic E-state index is 0.641. The number of fused-ring (bicyclic) bond motifs is 2. The second-order valence-electron chi connectivity index (χ2n) is 12.5. The highest BCUT2D eigenvalue weighted by Gasteiger charge is 2.16. The zero-order valence-electron chi connectivity index (χ0n) is 27.2. The maximum atomic E-state index is 5.12. The molecular formula is C47H31N3. The molecule has 234 valence electrons. The van der Waals surface area contributed by atoms with Gasteiger partial charge in [-0.3, -0.25) is 0 Å². The lowest BCUT2D eigenvalue weighted by Gasteiger charge is -2.13. The summed E-state index contributed by atoms with van der Waals surface area (Å²) in [4.78, 5) is 15.2. The smallest absolute Gasteiger partial charge is 0.164 e. The first-order valence-electron chi connectivity index (χ1n) is 16.9. The Morgan fingerprint density at radius 1 is 0.240 bits per heavy atom. The van der Waals surface area contributed by atoms with Gasteiger partial charge in [-0.1, -0.05) is 182 Å². The fraction of sp³-hybridized carbons (Fsp3) is 0. The van der Waals surface area contributed by atoms with Crippen molar-refractivity contribution >= 4 is 21.5 Å². The third kappa shape index (κ3) is 5.61. The first-order chi connectivity index (χ1) is 24.8. The van der Waals surface area contributed by atoms with E-state index in [-0.39, 0.29) is 0 Å². The first-order valence-corrected chi connectivity index (χ1v) is 16.9. The van der Waals surface area contributed by atoms with Crippen molar-refractivity contribution < 1.29 is 0 Å². The number of hydrogen-bond acceptors (Lipinski definition) is 3. The van der Waals surface area contributed by atoms with Gasteiger partial charge in [0.25, 0.3) is 0 Å². The van der Waals surface area contributed by atoms with Crippen LogP contribution in [0.2, 0.25) is 0 Å². The third-order valence-electron chi connectivity index (χ3n) is 9.36. The van der Waals surface area contributed by atoms with Crippen molar-refractivity contribution in [2.24, 2.45) is 0 Å². The molecule has 0 N–H and O–H groups in total. The predicted molar refractivity (Wildman–Crippen MR) is 207 cm³/mol. The Labute approximate surface area is 291 Å². The standard InChI is InChI=1S/C47H31N3/c1-3-11-32(12-4-1)34-21-23-35(24-22-34)36-25-28-38(29-26-36)46-48-45(37-14-5-2-6-15-37)49-47(50-46)44-20-10-18-42-41(17-9-19-43(42)44)40-30-27-33-13-7-8-16-39(33)31-40/h1-31H. The Kier molecular flexibility index (Phi) is 7.49. The van der Waals surface area contributed by atoms with Crippen LogP contribution in [0.15, 0.2) is 188 Å². The van der Waals surface area contributed by atoms with E-state index in [1.807, 2.05) is 36.4 Å². The van der Waals surface area contributed by atoms with E-state index >= 15 is 0 Å². The van der Waals surface area contributed by atoms with E-state index in [1.54, 1.807) is 0 Å². The maximum absolute atomic E-state index is 5.12. The van der Waals surface area contributed by atoms with Crippen molar-refractivity contribution in [2.45, 2.75) is 0 Å². The van der Waals surface area contributed by atoms with Gasteiger partial charge in [0.2, 0.25) is 0 Å². The molecular weight excluding hydrogens is 607 g/mol. The number of rotatable bonds is 6.